The summed E-state index contributed by atoms with van der Waals surface area (Å²) in [6.07, 6.45) is 0. The molecular formula is C13H20N2O. The number of likely N-dealkylation sites (tertiary alicyclic amines) is 1. The molecule has 3 heteroatoms. The van der Waals surface area contributed by atoms with Crippen molar-refractivity contribution < 1.29 is 5.11 Å². The molecule has 0 unspecified atom stereocenters. The summed E-state index contributed by atoms with van der Waals surface area (Å²) >= 11 is 0. The van der Waals surface area contributed by atoms with Crippen molar-refractivity contribution in [1.82, 2.24) is 9.88 Å². The number of hydrogen-bond donors (Lipinski definition) is 1. The van der Waals surface area contributed by atoms with Crippen LogP contribution in [0.5, 0.6) is 0 Å². The van der Waals surface area contributed by atoms with Crippen molar-refractivity contribution >= 4 is 0 Å². The lowest BCUT2D eigenvalue weighted by Gasteiger charge is -2.49. The summed E-state index contributed by atoms with van der Waals surface area (Å²) < 4.78 is 0. The summed E-state index contributed by atoms with van der Waals surface area (Å²) in [6, 6.07) is 6.08. The second kappa shape index (κ2) is 4.15. The molecule has 0 saturated carbocycles. The van der Waals surface area contributed by atoms with E-state index < -0.39 is 5.60 Å². The molecule has 1 aliphatic heterocycles. The van der Waals surface area contributed by atoms with Crippen LogP contribution in [0.1, 0.15) is 25.2 Å². The minimum absolute atomic E-state index is 0.328. The predicted molar refractivity (Wildman–Crippen MR) is 64.0 cm³/mol. The van der Waals surface area contributed by atoms with E-state index in [0.717, 1.165) is 31.0 Å². The monoisotopic (exact) mass is 220 g/mol. The highest BCUT2D eigenvalue weighted by molar-refractivity contribution is 5.11. The summed E-state index contributed by atoms with van der Waals surface area (Å²) in [5.41, 5.74) is 1.66. The van der Waals surface area contributed by atoms with Crippen molar-refractivity contribution in [2.45, 2.75) is 32.9 Å². The zero-order valence-electron chi connectivity index (χ0n) is 10.3. The van der Waals surface area contributed by atoms with Crippen LogP contribution in [0.15, 0.2) is 18.2 Å². The topological polar surface area (TPSA) is 36.4 Å². The molecule has 1 aromatic rings. The normalized spacial score (nSPS) is 19.8. The standard InChI is InChI=1S/C13H20N2O/c1-10(2)13(16)8-15(9-13)7-12-6-4-5-11(3)14-12/h4-6,10,16H,7-9H2,1-3H3. The second-order valence-corrected chi connectivity index (χ2v) is 5.17. The first-order valence-electron chi connectivity index (χ1n) is 5.87. The Hall–Kier alpha value is -0.930. The fourth-order valence-corrected chi connectivity index (χ4v) is 2.12. The van der Waals surface area contributed by atoms with Gasteiger partial charge in [-0.05, 0) is 25.0 Å². The first-order chi connectivity index (χ1) is 7.49. The van der Waals surface area contributed by atoms with Crippen LogP contribution >= 0.6 is 0 Å². The van der Waals surface area contributed by atoms with E-state index in [1.54, 1.807) is 0 Å². The largest absolute Gasteiger partial charge is 0.387 e. The number of hydrogen-bond acceptors (Lipinski definition) is 3. The van der Waals surface area contributed by atoms with Gasteiger partial charge in [0.1, 0.15) is 0 Å². The number of aliphatic hydroxyl groups is 1. The van der Waals surface area contributed by atoms with Crippen molar-refractivity contribution in [1.29, 1.82) is 0 Å². The van der Waals surface area contributed by atoms with Crippen LogP contribution in [-0.2, 0) is 6.54 Å². The molecule has 1 aromatic heterocycles. The Bertz CT molecular complexity index is 370. The minimum Gasteiger partial charge on any atom is -0.387 e. The van der Waals surface area contributed by atoms with E-state index in [-0.39, 0.29) is 0 Å². The Labute approximate surface area is 97.1 Å². The molecule has 1 fully saturated rings. The highest BCUT2D eigenvalue weighted by atomic mass is 16.3. The minimum atomic E-state index is -0.482. The molecule has 0 atom stereocenters. The van der Waals surface area contributed by atoms with Crippen LogP contribution in [0.4, 0.5) is 0 Å². The molecule has 2 heterocycles. The summed E-state index contributed by atoms with van der Waals surface area (Å²) in [5, 5.41) is 10.1. The van der Waals surface area contributed by atoms with Gasteiger partial charge < -0.3 is 5.11 Å². The number of nitrogens with zero attached hydrogens (tertiary/aromatic N) is 2. The number of aromatic nitrogens is 1. The molecule has 2 rings (SSSR count). The van der Waals surface area contributed by atoms with E-state index >= 15 is 0 Å². The van der Waals surface area contributed by atoms with E-state index in [0.29, 0.717) is 5.92 Å². The molecule has 0 radical (unpaired) electrons. The van der Waals surface area contributed by atoms with Crippen LogP contribution in [0.25, 0.3) is 0 Å². The molecule has 0 aromatic carbocycles. The Morgan fingerprint density at radius 2 is 2.12 bits per heavy atom. The molecule has 0 spiro atoms. The maximum Gasteiger partial charge on any atom is 0.0923 e. The summed E-state index contributed by atoms with van der Waals surface area (Å²) in [7, 11) is 0. The molecule has 0 aliphatic carbocycles. The van der Waals surface area contributed by atoms with Crippen molar-refractivity contribution in [3.05, 3.63) is 29.6 Å². The Kier molecular flexibility index (Phi) is 3.00. The molecular weight excluding hydrogens is 200 g/mol. The molecule has 1 aliphatic rings. The van der Waals surface area contributed by atoms with Gasteiger partial charge in [-0.25, -0.2) is 0 Å². The lowest BCUT2D eigenvalue weighted by Crippen LogP contribution is -2.63. The first-order valence-corrected chi connectivity index (χ1v) is 5.87. The maximum atomic E-state index is 10.1. The van der Waals surface area contributed by atoms with Gasteiger partial charge in [0, 0.05) is 25.3 Å². The molecule has 1 saturated heterocycles. The summed E-state index contributed by atoms with van der Waals surface area (Å²) in [6.45, 7) is 8.52. The highest BCUT2D eigenvalue weighted by Crippen LogP contribution is 2.29. The summed E-state index contributed by atoms with van der Waals surface area (Å²) in [4.78, 5) is 6.70. The van der Waals surface area contributed by atoms with Crippen LogP contribution < -0.4 is 0 Å². The van der Waals surface area contributed by atoms with E-state index in [1.807, 2.05) is 25.1 Å². The smallest absolute Gasteiger partial charge is 0.0923 e. The molecule has 0 bridgehead atoms. The van der Waals surface area contributed by atoms with Crippen LogP contribution in [0, 0.1) is 12.8 Å². The van der Waals surface area contributed by atoms with Gasteiger partial charge in [0.2, 0.25) is 0 Å². The maximum absolute atomic E-state index is 10.1. The Balaban J connectivity index is 1.90. The van der Waals surface area contributed by atoms with Gasteiger partial charge in [-0.3, -0.25) is 9.88 Å². The van der Waals surface area contributed by atoms with Gasteiger partial charge in [0.15, 0.2) is 0 Å². The van der Waals surface area contributed by atoms with Gasteiger partial charge in [0.05, 0.1) is 11.3 Å². The third-order valence-electron chi connectivity index (χ3n) is 3.40. The van der Waals surface area contributed by atoms with Gasteiger partial charge >= 0.3 is 0 Å². The van der Waals surface area contributed by atoms with Crippen molar-refractivity contribution in [2.75, 3.05) is 13.1 Å². The average molecular weight is 220 g/mol. The third kappa shape index (κ3) is 2.25. The van der Waals surface area contributed by atoms with Crippen LogP contribution in [0.2, 0.25) is 0 Å². The number of aryl methyl sites for hydroxylation is 1. The van der Waals surface area contributed by atoms with E-state index in [9.17, 15) is 5.11 Å². The van der Waals surface area contributed by atoms with Gasteiger partial charge in [-0.1, -0.05) is 19.9 Å². The van der Waals surface area contributed by atoms with Crippen LogP contribution in [-0.4, -0.2) is 33.7 Å². The Morgan fingerprint density at radius 3 is 2.69 bits per heavy atom. The lowest BCUT2D eigenvalue weighted by atomic mass is 9.83. The lowest BCUT2D eigenvalue weighted by molar-refractivity contribution is -0.131. The van der Waals surface area contributed by atoms with Crippen molar-refractivity contribution in [3.8, 4) is 0 Å². The fraction of sp³-hybridized carbons (Fsp3) is 0.615. The molecule has 3 nitrogen and oxygen atoms in total. The number of pyridine rings is 1. The quantitative estimate of drug-likeness (QED) is 0.840. The van der Waals surface area contributed by atoms with E-state index in [2.05, 4.69) is 23.7 Å². The zero-order chi connectivity index (χ0) is 11.8. The van der Waals surface area contributed by atoms with Crippen molar-refractivity contribution in [3.63, 3.8) is 0 Å². The molecule has 1 N–H and O–H groups in total. The van der Waals surface area contributed by atoms with E-state index in [1.165, 1.54) is 0 Å². The van der Waals surface area contributed by atoms with Gasteiger partial charge in [0.25, 0.3) is 0 Å². The van der Waals surface area contributed by atoms with E-state index in [4.69, 9.17) is 0 Å². The van der Waals surface area contributed by atoms with Crippen LogP contribution in [0.3, 0.4) is 0 Å². The second-order valence-electron chi connectivity index (χ2n) is 5.17. The highest BCUT2D eigenvalue weighted by Gasteiger charge is 2.43. The molecule has 16 heavy (non-hydrogen) atoms. The Morgan fingerprint density at radius 1 is 1.44 bits per heavy atom. The van der Waals surface area contributed by atoms with Gasteiger partial charge in [-0.15, -0.1) is 0 Å². The van der Waals surface area contributed by atoms with Crippen molar-refractivity contribution in [2.24, 2.45) is 5.92 Å². The summed E-state index contributed by atoms with van der Waals surface area (Å²) in [5.74, 6) is 0.328. The third-order valence-corrected chi connectivity index (χ3v) is 3.40. The molecule has 0 amide bonds. The number of β-amino-alcohol motifs (C(OH)–C–C–N with tert-alkyl or cyclic N) is 1. The zero-order valence-corrected chi connectivity index (χ0v) is 10.3. The average Bonchev–Trinajstić information content (AvgIpc) is 2.14. The predicted octanol–water partition coefficient (Wildman–Crippen LogP) is 1.59. The van der Waals surface area contributed by atoms with Gasteiger partial charge in [-0.2, -0.15) is 0 Å². The SMILES string of the molecule is Cc1cccc(CN2CC(O)(C(C)C)C2)n1. The fourth-order valence-electron chi connectivity index (χ4n) is 2.12. The molecule has 88 valence electrons. The first kappa shape index (κ1) is 11.6. The number of rotatable bonds is 3.